The highest BCUT2D eigenvalue weighted by molar-refractivity contribution is 5.92. The van der Waals surface area contributed by atoms with E-state index in [1.807, 2.05) is 6.07 Å². The Morgan fingerprint density at radius 3 is 3.00 bits per heavy atom. The summed E-state index contributed by atoms with van der Waals surface area (Å²) in [6.45, 7) is 1.93. The van der Waals surface area contributed by atoms with Crippen molar-refractivity contribution in [3.63, 3.8) is 0 Å². The average molecular weight is 191 g/mol. The van der Waals surface area contributed by atoms with Gasteiger partial charge in [0.2, 0.25) is 0 Å². The predicted molar refractivity (Wildman–Crippen MR) is 49.3 cm³/mol. The maximum absolute atomic E-state index is 11.3. The van der Waals surface area contributed by atoms with Gasteiger partial charge in [-0.05, 0) is 19.1 Å². The number of ether oxygens (including phenoxy) is 1. The second-order valence-electron chi connectivity index (χ2n) is 2.47. The first-order chi connectivity index (χ1) is 6.69. The van der Waals surface area contributed by atoms with Crippen molar-refractivity contribution in [1.29, 1.82) is 5.26 Å². The Kier molecular flexibility index (Phi) is 3.02. The van der Waals surface area contributed by atoms with Gasteiger partial charge in [-0.1, -0.05) is 0 Å². The van der Waals surface area contributed by atoms with Crippen molar-refractivity contribution < 1.29 is 9.53 Å². The number of nitriles is 1. The van der Waals surface area contributed by atoms with E-state index in [2.05, 4.69) is 4.98 Å². The second-order valence-corrected chi connectivity index (χ2v) is 2.47. The monoisotopic (exact) mass is 191 g/mol. The molecule has 1 heterocycles. The van der Waals surface area contributed by atoms with Gasteiger partial charge in [-0.15, -0.1) is 0 Å². The smallest absolute Gasteiger partial charge is 0.359 e. The van der Waals surface area contributed by atoms with Crippen LogP contribution in [0, 0.1) is 11.3 Å². The zero-order chi connectivity index (χ0) is 10.6. The largest absolute Gasteiger partial charge is 0.461 e. The summed E-state index contributed by atoms with van der Waals surface area (Å²) in [7, 11) is 0. The molecule has 0 aromatic carbocycles. The lowest BCUT2D eigenvalue weighted by molar-refractivity contribution is 0.0521. The minimum Gasteiger partial charge on any atom is -0.461 e. The third kappa shape index (κ3) is 1.98. The van der Waals surface area contributed by atoms with E-state index >= 15 is 0 Å². The minimum absolute atomic E-state index is 0.00843. The molecule has 1 rings (SSSR count). The summed E-state index contributed by atoms with van der Waals surface area (Å²) in [5.74, 6) is -0.609. The van der Waals surface area contributed by atoms with E-state index in [-0.39, 0.29) is 23.7 Å². The summed E-state index contributed by atoms with van der Waals surface area (Å²) in [5.41, 5.74) is 5.85. The lowest BCUT2D eigenvalue weighted by Crippen LogP contribution is -2.11. The normalized spacial score (nSPS) is 9.14. The Morgan fingerprint density at radius 1 is 1.71 bits per heavy atom. The summed E-state index contributed by atoms with van der Waals surface area (Å²) in [6, 6.07) is 4.72. The van der Waals surface area contributed by atoms with Crippen LogP contribution in [0.25, 0.3) is 0 Å². The van der Waals surface area contributed by atoms with Crippen molar-refractivity contribution in [2.75, 3.05) is 12.3 Å². The van der Waals surface area contributed by atoms with Crippen molar-refractivity contribution >= 4 is 11.7 Å². The number of rotatable bonds is 2. The predicted octanol–water partition coefficient (Wildman–Crippen LogP) is 0.712. The number of nitrogen functional groups attached to an aromatic ring is 1. The van der Waals surface area contributed by atoms with Gasteiger partial charge in [0.15, 0.2) is 5.69 Å². The molecule has 5 nitrogen and oxygen atoms in total. The van der Waals surface area contributed by atoms with E-state index in [1.54, 1.807) is 6.92 Å². The van der Waals surface area contributed by atoms with Crippen LogP contribution in [0.4, 0.5) is 5.69 Å². The highest BCUT2D eigenvalue weighted by Gasteiger charge is 2.13. The summed E-state index contributed by atoms with van der Waals surface area (Å²) >= 11 is 0. The van der Waals surface area contributed by atoms with Crippen molar-refractivity contribution in [2.24, 2.45) is 0 Å². The fraction of sp³-hybridized carbons (Fsp3) is 0.222. The summed E-state index contributed by atoms with van der Waals surface area (Å²) in [5, 5.41) is 8.56. The fourth-order valence-corrected chi connectivity index (χ4v) is 0.895. The van der Waals surface area contributed by atoms with Crippen LogP contribution in [-0.4, -0.2) is 17.6 Å². The van der Waals surface area contributed by atoms with Crippen molar-refractivity contribution in [1.82, 2.24) is 4.98 Å². The number of hydrogen-bond acceptors (Lipinski definition) is 5. The molecule has 0 bridgehead atoms. The Bertz CT molecular complexity index is 396. The first-order valence-electron chi connectivity index (χ1n) is 4.02. The van der Waals surface area contributed by atoms with Crippen molar-refractivity contribution in [2.45, 2.75) is 6.92 Å². The molecule has 0 radical (unpaired) electrons. The lowest BCUT2D eigenvalue weighted by atomic mass is 10.2. The summed E-state index contributed by atoms with van der Waals surface area (Å²) < 4.78 is 4.72. The van der Waals surface area contributed by atoms with E-state index in [9.17, 15) is 4.79 Å². The van der Waals surface area contributed by atoms with Gasteiger partial charge in [0.1, 0.15) is 11.8 Å². The lowest BCUT2D eigenvalue weighted by Gasteiger charge is -2.03. The molecule has 72 valence electrons. The number of nitrogens with two attached hydrogens (primary N) is 1. The van der Waals surface area contributed by atoms with Crippen molar-refractivity contribution in [3.8, 4) is 6.07 Å². The molecule has 0 atom stereocenters. The van der Waals surface area contributed by atoms with Gasteiger partial charge in [-0.3, -0.25) is 0 Å². The molecule has 2 N–H and O–H groups in total. The molecule has 1 aromatic heterocycles. The number of anilines is 1. The molecule has 1 aromatic rings. The molecule has 0 saturated heterocycles. The van der Waals surface area contributed by atoms with Crippen LogP contribution >= 0.6 is 0 Å². The minimum atomic E-state index is -0.609. The van der Waals surface area contributed by atoms with Crippen LogP contribution < -0.4 is 5.73 Å². The van der Waals surface area contributed by atoms with Gasteiger partial charge in [0, 0.05) is 0 Å². The summed E-state index contributed by atoms with van der Waals surface area (Å²) in [4.78, 5) is 15.0. The van der Waals surface area contributed by atoms with Gasteiger partial charge in [-0.2, -0.15) is 5.26 Å². The maximum Gasteiger partial charge on any atom is 0.359 e. The molecule has 0 aliphatic rings. The summed E-state index contributed by atoms with van der Waals surface area (Å²) in [6.07, 6.45) is 0. The number of aromatic nitrogens is 1. The third-order valence-corrected chi connectivity index (χ3v) is 1.51. The molecule has 0 fully saturated rings. The van der Waals surface area contributed by atoms with Gasteiger partial charge in [0.05, 0.1) is 12.3 Å². The van der Waals surface area contributed by atoms with Crippen LogP contribution in [0.15, 0.2) is 12.1 Å². The van der Waals surface area contributed by atoms with E-state index in [1.165, 1.54) is 12.1 Å². The molecular formula is C9H9N3O2. The van der Waals surface area contributed by atoms with Crippen LogP contribution in [0.3, 0.4) is 0 Å². The standard InChI is InChI=1S/C9H9N3O2/c1-2-14-9(13)8-7(11)4-3-6(5-10)12-8/h3-4H,2,11H2,1H3. The molecular weight excluding hydrogens is 182 g/mol. The first kappa shape index (κ1) is 9.99. The van der Waals surface area contributed by atoms with Crippen LogP contribution in [0.1, 0.15) is 23.1 Å². The molecule has 5 heteroatoms. The second kappa shape index (κ2) is 4.23. The Morgan fingerprint density at radius 2 is 2.43 bits per heavy atom. The quantitative estimate of drug-likeness (QED) is 0.695. The van der Waals surface area contributed by atoms with Crippen LogP contribution in [0.2, 0.25) is 0 Å². The molecule has 0 aliphatic carbocycles. The van der Waals surface area contributed by atoms with Gasteiger partial charge in [0.25, 0.3) is 0 Å². The Hall–Kier alpha value is -2.09. The zero-order valence-electron chi connectivity index (χ0n) is 7.65. The molecule has 0 aliphatic heterocycles. The topological polar surface area (TPSA) is 89.0 Å². The highest BCUT2D eigenvalue weighted by atomic mass is 16.5. The number of esters is 1. The molecule has 0 amide bonds. The Balaban J connectivity index is 3.07. The number of pyridine rings is 1. The van der Waals surface area contributed by atoms with Crippen molar-refractivity contribution in [3.05, 3.63) is 23.5 Å². The highest BCUT2D eigenvalue weighted by Crippen LogP contribution is 2.10. The number of hydrogen-bond donors (Lipinski definition) is 1. The van der Waals surface area contributed by atoms with Crippen LogP contribution in [-0.2, 0) is 4.74 Å². The molecule has 0 spiro atoms. The molecule has 0 saturated carbocycles. The van der Waals surface area contributed by atoms with Gasteiger partial charge >= 0.3 is 5.97 Å². The SMILES string of the molecule is CCOC(=O)c1nc(C#N)ccc1N. The molecule has 14 heavy (non-hydrogen) atoms. The first-order valence-corrected chi connectivity index (χ1v) is 4.02. The number of carbonyl (C=O) groups is 1. The number of nitrogens with zero attached hydrogens (tertiary/aromatic N) is 2. The average Bonchev–Trinajstić information content (AvgIpc) is 2.19. The van der Waals surface area contributed by atoms with E-state index < -0.39 is 5.97 Å². The van der Waals surface area contributed by atoms with E-state index in [0.717, 1.165) is 0 Å². The molecule has 0 unspecified atom stereocenters. The van der Waals surface area contributed by atoms with E-state index in [0.29, 0.717) is 0 Å². The van der Waals surface area contributed by atoms with Crippen LogP contribution in [0.5, 0.6) is 0 Å². The zero-order valence-corrected chi connectivity index (χ0v) is 7.65. The maximum atomic E-state index is 11.3. The number of carbonyl (C=O) groups excluding carboxylic acids is 1. The third-order valence-electron chi connectivity index (χ3n) is 1.51. The van der Waals surface area contributed by atoms with Gasteiger partial charge < -0.3 is 10.5 Å². The Labute approximate surface area is 81.1 Å². The van der Waals surface area contributed by atoms with E-state index in [4.69, 9.17) is 15.7 Å². The fourth-order valence-electron chi connectivity index (χ4n) is 0.895. The van der Waals surface area contributed by atoms with Gasteiger partial charge in [-0.25, -0.2) is 9.78 Å².